The van der Waals surface area contributed by atoms with Gasteiger partial charge in [0.05, 0.1) is 9.80 Å². The van der Waals surface area contributed by atoms with Gasteiger partial charge in [-0.2, -0.15) is 0 Å². The number of nitro groups is 1. The van der Waals surface area contributed by atoms with Gasteiger partial charge in [-0.05, 0) is 18.1 Å². The summed E-state index contributed by atoms with van der Waals surface area (Å²) in [6.45, 7) is 1.32. The van der Waals surface area contributed by atoms with Crippen LogP contribution in [0.3, 0.4) is 0 Å². The van der Waals surface area contributed by atoms with Crippen molar-refractivity contribution in [3.05, 3.63) is 21.1 Å². The summed E-state index contributed by atoms with van der Waals surface area (Å²) < 4.78 is 11.3. The molecule has 1 heterocycles. The first-order valence-electron chi connectivity index (χ1n) is 3.56. The molecule has 0 bridgehead atoms. The fourth-order valence-corrected chi connectivity index (χ4v) is 2.79. The van der Waals surface area contributed by atoms with E-state index >= 15 is 0 Å². The zero-order valence-corrected chi connectivity index (χ0v) is 9.11. The predicted octanol–water partition coefficient (Wildman–Crippen LogP) is 1.60. The number of ketones is 1. The average Bonchev–Trinajstić information content (AvgIpc) is 2.47. The third-order valence-corrected chi connectivity index (χ3v) is 4.19. The fraction of sp³-hybridized carbons (Fsp3) is 0.286. The molecule has 0 fully saturated rings. The topological polar surface area (TPSA) is 83.3 Å². The maximum absolute atomic E-state index is 11.1. The van der Waals surface area contributed by atoms with Crippen LogP contribution in [0.4, 0.5) is 5.69 Å². The van der Waals surface area contributed by atoms with Gasteiger partial charge >= 0.3 is 5.69 Å². The third-order valence-electron chi connectivity index (χ3n) is 1.48. The Morgan fingerprint density at radius 1 is 1.64 bits per heavy atom. The molecule has 1 aromatic heterocycles. The molecule has 0 spiro atoms. The van der Waals surface area contributed by atoms with E-state index in [-0.39, 0.29) is 20.6 Å². The number of hydrogen-bond donors (Lipinski definition) is 0. The molecule has 0 amide bonds. The SMILES string of the molecule is CC(=O)c1cc([N+](=O)[O-])c([S+](C)[O-])s1. The third kappa shape index (κ3) is 2.11. The first-order valence-corrected chi connectivity index (χ1v) is 5.93. The van der Waals surface area contributed by atoms with Crippen LogP contribution < -0.4 is 0 Å². The van der Waals surface area contributed by atoms with E-state index in [2.05, 4.69) is 0 Å². The van der Waals surface area contributed by atoms with Crippen molar-refractivity contribution in [3.63, 3.8) is 0 Å². The molecule has 7 heteroatoms. The second-order valence-electron chi connectivity index (χ2n) is 2.55. The molecule has 0 aliphatic heterocycles. The Labute approximate surface area is 87.1 Å². The highest BCUT2D eigenvalue weighted by Gasteiger charge is 2.27. The lowest BCUT2D eigenvalue weighted by atomic mass is 10.3. The van der Waals surface area contributed by atoms with Gasteiger partial charge in [0.25, 0.3) is 4.21 Å². The zero-order chi connectivity index (χ0) is 10.9. The van der Waals surface area contributed by atoms with Crippen LogP contribution in [0, 0.1) is 10.1 Å². The van der Waals surface area contributed by atoms with Gasteiger partial charge in [0.2, 0.25) is 0 Å². The summed E-state index contributed by atoms with van der Waals surface area (Å²) in [6.07, 6.45) is 1.35. The van der Waals surface area contributed by atoms with E-state index in [1.165, 1.54) is 19.2 Å². The molecule has 1 atom stereocenters. The molecule has 0 saturated carbocycles. The van der Waals surface area contributed by atoms with Gasteiger partial charge in [0.15, 0.2) is 5.78 Å². The molecule has 1 rings (SSSR count). The Morgan fingerprint density at radius 3 is 2.50 bits per heavy atom. The molecular weight excluding hydrogens is 226 g/mol. The number of thiophene rings is 1. The predicted molar refractivity (Wildman–Crippen MR) is 53.3 cm³/mol. The molecule has 0 aromatic carbocycles. The lowest BCUT2D eigenvalue weighted by molar-refractivity contribution is -0.387. The van der Waals surface area contributed by atoms with Crippen LogP contribution in [0.1, 0.15) is 16.6 Å². The number of carbonyl (C=O) groups is 1. The van der Waals surface area contributed by atoms with Crippen LogP contribution in [0.5, 0.6) is 0 Å². The van der Waals surface area contributed by atoms with Gasteiger partial charge in [-0.1, -0.05) is 11.3 Å². The van der Waals surface area contributed by atoms with Crippen molar-refractivity contribution in [1.29, 1.82) is 0 Å². The van der Waals surface area contributed by atoms with Crippen molar-refractivity contribution in [3.8, 4) is 0 Å². The van der Waals surface area contributed by atoms with Crippen molar-refractivity contribution in [2.75, 3.05) is 6.26 Å². The van der Waals surface area contributed by atoms with Crippen molar-refractivity contribution in [1.82, 2.24) is 0 Å². The first kappa shape index (κ1) is 11.2. The molecule has 0 N–H and O–H groups in total. The van der Waals surface area contributed by atoms with Gasteiger partial charge in [-0.15, -0.1) is 0 Å². The second kappa shape index (κ2) is 4.07. The lowest BCUT2D eigenvalue weighted by Crippen LogP contribution is -1.98. The molecule has 0 aliphatic rings. The van der Waals surface area contributed by atoms with Gasteiger partial charge in [-0.25, -0.2) is 0 Å². The molecule has 1 aromatic rings. The summed E-state index contributed by atoms with van der Waals surface area (Å²) in [5.41, 5.74) is -0.235. The van der Waals surface area contributed by atoms with Gasteiger partial charge < -0.3 is 4.55 Å². The van der Waals surface area contributed by atoms with E-state index in [1.807, 2.05) is 0 Å². The van der Waals surface area contributed by atoms with Crippen LogP contribution in [0.2, 0.25) is 0 Å². The lowest BCUT2D eigenvalue weighted by Gasteiger charge is -1.98. The van der Waals surface area contributed by atoms with Crippen molar-refractivity contribution >= 4 is 34.0 Å². The first-order chi connectivity index (χ1) is 6.43. The molecule has 0 radical (unpaired) electrons. The summed E-state index contributed by atoms with van der Waals surface area (Å²) in [5, 5.41) is 10.5. The van der Waals surface area contributed by atoms with Crippen LogP contribution in [-0.4, -0.2) is 21.5 Å². The maximum Gasteiger partial charge on any atom is 0.336 e. The normalized spacial score (nSPS) is 12.5. The van der Waals surface area contributed by atoms with Crippen molar-refractivity contribution < 1.29 is 14.3 Å². The van der Waals surface area contributed by atoms with Crippen molar-refractivity contribution in [2.24, 2.45) is 0 Å². The summed E-state index contributed by atoms with van der Waals surface area (Å²) in [7, 11) is 0. The Hall–Kier alpha value is -0.920. The quantitative estimate of drug-likeness (QED) is 0.343. The number of Topliss-reactive ketones (excluding diaryl/α,β-unsaturated/α-hetero) is 1. The molecule has 0 aliphatic carbocycles. The average molecular weight is 233 g/mol. The highest BCUT2D eigenvalue weighted by atomic mass is 32.2. The van der Waals surface area contributed by atoms with E-state index in [9.17, 15) is 19.5 Å². The Balaban J connectivity index is 3.26. The second-order valence-corrected chi connectivity index (χ2v) is 5.18. The Morgan fingerprint density at radius 2 is 2.21 bits per heavy atom. The van der Waals surface area contributed by atoms with E-state index in [0.29, 0.717) is 0 Å². The molecule has 14 heavy (non-hydrogen) atoms. The van der Waals surface area contributed by atoms with Crippen LogP contribution >= 0.6 is 11.3 Å². The molecule has 1 unspecified atom stereocenters. The smallest absolute Gasteiger partial charge is 0.336 e. The highest BCUT2D eigenvalue weighted by Crippen LogP contribution is 2.33. The van der Waals surface area contributed by atoms with Gasteiger partial charge in [-0.3, -0.25) is 14.9 Å². The van der Waals surface area contributed by atoms with Crippen molar-refractivity contribution in [2.45, 2.75) is 11.1 Å². The van der Waals surface area contributed by atoms with E-state index < -0.39 is 16.1 Å². The van der Waals surface area contributed by atoms with Crippen LogP contribution in [0.15, 0.2) is 10.3 Å². The standard InChI is InChI=1S/C7H7NO4S2/c1-4(9)6-3-5(8(10)11)7(13-6)14(2)12/h3H,1-2H3. The van der Waals surface area contributed by atoms with Crippen LogP contribution in [0.25, 0.3) is 0 Å². The monoisotopic (exact) mass is 233 g/mol. The minimum Gasteiger partial charge on any atom is -0.611 e. The van der Waals surface area contributed by atoms with Gasteiger partial charge in [0.1, 0.15) is 6.26 Å². The molecule has 5 nitrogen and oxygen atoms in total. The van der Waals surface area contributed by atoms with Crippen LogP contribution in [-0.2, 0) is 11.2 Å². The van der Waals surface area contributed by atoms with Gasteiger partial charge in [0, 0.05) is 6.07 Å². The van der Waals surface area contributed by atoms with E-state index in [0.717, 1.165) is 11.3 Å². The molecule has 0 saturated heterocycles. The minimum absolute atomic E-state index is 0.139. The number of hydrogen-bond acceptors (Lipinski definition) is 5. The largest absolute Gasteiger partial charge is 0.611 e. The zero-order valence-electron chi connectivity index (χ0n) is 7.47. The van der Waals surface area contributed by atoms with E-state index in [1.54, 1.807) is 0 Å². The number of nitrogens with zero attached hydrogens (tertiary/aromatic N) is 1. The summed E-state index contributed by atoms with van der Waals surface area (Å²) in [4.78, 5) is 21.1. The summed E-state index contributed by atoms with van der Waals surface area (Å²) >= 11 is -0.519. The highest BCUT2D eigenvalue weighted by molar-refractivity contribution is 7.93. The summed E-state index contributed by atoms with van der Waals surface area (Å²) in [5.74, 6) is -0.255. The minimum atomic E-state index is -1.43. The summed E-state index contributed by atoms with van der Waals surface area (Å²) in [6, 6.07) is 1.17. The fourth-order valence-electron chi connectivity index (χ4n) is 0.871. The molecular formula is C7H7NO4S2. The number of rotatable bonds is 3. The Bertz CT molecular complexity index is 385. The Kier molecular flexibility index (Phi) is 3.25. The van der Waals surface area contributed by atoms with E-state index in [4.69, 9.17) is 0 Å². The molecule has 76 valence electrons. The maximum atomic E-state index is 11.1. The number of carbonyl (C=O) groups excluding carboxylic acids is 1.